The van der Waals surface area contributed by atoms with Crippen molar-refractivity contribution < 1.29 is 4.74 Å². The van der Waals surface area contributed by atoms with E-state index in [0.717, 1.165) is 25.6 Å². The molecule has 102 valence electrons. The lowest BCUT2D eigenvalue weighted by Crippen LogP contribution is -2.36. The maximum atomic E-state index is 6.05. The van der Waals surface area contributed by atoms with Gasteiger partial charge in [0.25, 0.3) is 0 Å². The van der Waals surface area contributed by atoms with Crippen LogP contribution in [-0.2, 0) is 4.74 Å². The zero-order valence-corrected chi connectivity index (χ0v) is 12.0. The van der Waals surface area contributed by atoms with E-state index in [-0.39, 0.29) is 0 Å². The van der Waals surface area contributed by atoms with Gasteiger partial charge in [-0.25, -0.2) is 0 Å². The summed E-state index contributed by atoms with van der Waals surface area (Å²) in [4.78, 5) is 2.54. The van der Waals surface area contributed by atoms with Crippen molar-refractivity contribution >= 4 is 0 Å². The average molecular weight is 242 g/mol. The van der Waals surface area contributed by atoms with Crippen LogP contribution in [-0.4, -0.2) is 50.3 Å². The zero-order chi connectivity index (χ0) is 12.7. The molecule has 3 nitrogen and oxygen atoms in total. The lowest BCUT2D eigenvalue weighted by Gasteiger charge is -2.26. The van der Waals surface area contributed by atoms with Crippen LogP contribution >= 0.6 is 0 Å². The summed E-state index contributed by atoms with van der Waals surface area (Å²) in [5, 5.41) is 3.20. The second-order valence-electron chi connectivity index (χ2n) is 5.38. The number of nitrogens with zero attached hydrogens (tertiary/aromatic N) is 1. The summed E-state index contributed by atoms with van der Waals surface area (Å²) >= 11 is 0. The van der Waals surface area contributed by atoms with Crippen molar-refractivity contribution in [3.05, 3.63) is 0 Å². The fraction of sp³-hybridized carbons (Fsp3) is 1.00. The van der Waals surface area contributed by atoms with Gasteiger partial charge in [-0.2, -0.15) is 0 Å². The van der Waals surface area contributed by atoms with E-state index in [9.17, 15) is 0 Å². The molecular weight excluding hydrogens is 212 g/mol. The van der Waals surface area contributed by atoms with Crippen LogP contribution in [0.15, 0.2) is 0 Å². The summed E-state index contributed by atoms with van der Waals surface area (Å²) in [6.07, 6.45) is 4.60. The molecule has 1 saturated heterocycles. The standard InChI is InChI=1S/C14H30N2O/c1-5-12(3)10-16(6-2)11-14-8-7-13(17-14)9-15-4/h12-15H,5-11H2,1-4H3. The maximum Gasteiger partial charge on any atom is 0.0707 e. The Labute approximate surface area is 107 Å². The lowest BCUT2D eigenvalue weighted by atomic mass is 10.1. The van der Waals surface area contributed by atoms with Crippen LogP contribution in [0.2, 0.25) is 0 Å². The predicted octanol–water partition coefficient (Wildman–Crippen LogP) is 2.12. The highest BCUT2D eigenvalue weighted by atomic mass is 16.5. The quantitative estimate of drug-likeness (QED) is 0.705. The highest BCUT2D eigenvalue weighted by molar-refractivity contribution is 4.77. The van der Waals surface area contributed by atoms with Gasteiger partial charge in [0.05, 0.1) is 12.2 Å². The number of ether oxygens (including phenoxy) is 1. The molecule has 0 spiro atoms. The maximum absolute atomic E-state index is 6.05. The minimum Gasteiger partial charge on any atom is -0.372 e. The van der Waals surface area contributed by atoms with Crippen molar-refractivity contribution in [2.45, 2.75) is 52.2 Å². The fourth-order valence-electron chi connectivity index (χ4n) is 2.48. The highest BCUT2D eigenvalue weighted by Gasteiger charge is 2.26. The summed E-state index contributed by atoms with van der Waals surface area (Å²) in [5.41, 5.74) is 0. The third-order valence-electron chi connectivity index (χ3n) is 3.80. The normalized spacial score (nSPS) is 26.6. The number of hydrogen-bond donors (Lipinski definition) is 1. The molecule has 1 rings (SSSR count). The molecule has 3 atom stereocenters. The molecule has 0 saturated carbocycles. The Kier molecular flexibility index (Phi) is 7.09. The molecule has 0 radical (unpaired) electrons. The smallest absolute Gasteiger partial charge is 0.0707 e. The summed E-state index contributed by atoms with van der Waals surface area (Å²) in [6.45, 7) is 11.3. The first kappa shape index (κ1) is 14.9. The van der Waals surface area contributed by atoms with Gasteiger partial charge in [-0.3, -0.25) is 0 Å². The molecule has 1 heterocycles. The second-order valence-corrected chi connectivity index (χ2v) is 5.38. The van der Waals surface area contributed by atoms with E-state index in [1.165, 1.54) is 25.8 Å². The van der Waals surface area contributed by atoms with E-state index in [1.807, 2.05) is 7.05 Å². The molecule has 3 heteroatoms. The SMILES string of the molecule is CCC(C)CN(CC)CC1CCC(CNC)O1. The van der Waals surface area contributed by atoms with Gasteiger partial charge in [0.15, 0.2) is 0 Å². The van der Waals surface area contributed by atoms with Crippen molar-refractivity contribution in [1.29, 1.82) is 0 Å². The average Bonchev–Trinajstić information content (AvgIpc) is 2.76. The summed E-state index contributed by atoms with van der Waals surface area (Å²) in [6, 6.07) is 0. The summed E-state index contributed by atoms with van der Waals surface area (Å²) in [7, 11) is 2.00. The van der Waals surface area contributed by atoms with Crippen LogP contribution in [0.1, 0.15) is 40.0 Å². The molecule has 1 aliphatic rings. The van der Waals surface area contributed by atoms with E-state index in [0.29, 0.717) is 12.2 Å². The van der Waals surface area contributed by atoms with Crippen LogP contribution < -0.4 is 5.32 Å². The molecule has 1 N–H and O–H groups in total. The highest BCUT2D eigenvalue weighted by Crippen LogP contribution is 2.20. The van der Waals surface area contributed by atoms with Crippen LogP contribution in [0.5, 0.6) is 0 Å². The topological polar surface area (TPSA) is 24.5 Å². The lowest BCUT2D eigenvalue weighted by molar-refractivity contribution is 0.0226. The van der Waals surface area contributed by atoms with Crippen LogP contribution in [0.4, 0.5) is 0 Å². The van der Waals surface area contributed by atoms with Gasteiger partial charge in [0.2, 0.25) is 0 Å². The van der Waals surface area contributed by atoms with Crippen LogP contribution in [0, 0.1) is 5.92 Å². The number of nitrogens with one attached hydrogen (secondary N) is 1. The van der Waals surface area contributed by atoms with Gasteiger partial charge in [-0.1, -0.05) is 27.2 Å². The molecular formula is C14H30N2O. The number of hydrogen-bond acceptors (Lipinski definition) is 3. The largest absolute Gasteiger partial charge is 0.372 e. The van der Waals surface area contributed by atoms with Gasteiger partial charge in [0, 0.05) is 19.6 Å². The minimum absolute atomic E-state index is 0.437. The van der Waals surface area contributed by atoms with E-state index < -0.39 is 0 Å². The molecule has 0 bridgehead atoms. The van der Waals surface area contributed by atoms with Crippen molar-refractivity contribution in [3.8, 4) is 0 Å². The first-order chi connectivity index (χ1) is 8.19. The van der Waals surface area contributed by atoms with Crippen LogP contribution in [0.25, 0.3) is 0 Å². The molecule has 0 aromatic rings. The molecule has 17 heavy (non-hydrogen) atoms. The third-order valence-corrected chi connectivity index (χ3v) is 3.80. The Balaban J connectivity index is 2.27. The molecule has 3 unspecified atom stereocenters. The minimum atomic E-state index is 0.437. The Morgan fingerprint density at radius 3 is 2.59 bits per heavy atom. The molecule has 0 aromatic heterocycles. The zero-order valence-electron chi connectivity index (χ0n) is 12.0. The monoisotopic (exact) mass is 242 g/mol. The molecule has 0 amide bonds. The van der Waals surface area contributed by atoms with Gasteiger partial charge >= 0.3 is 0 Å². The van der Waals surface area contributed by atoms with Crippen molar-refractivity contribution in [2.75, 3.05) is 33.2 Å². The summed E-state index contributed by atoms with van der Waals surface area (Å²) < 4.78 is 6.05. The van der Waals surface area contributed by atoms with Crippen molar-refractivity contribution in [1.82, 2.24) is 10.2 Å². The number of likely N-dealkylation sites (N-methyl/N-ethyl adjacent to an activating group) is 2. The number of rotatable bonds is 8. The summed E-state index contributed by atoms with van der Waals surface area (Å²) in [5.74, 6) is 0.796. The predicted molar refractivity (Wildman–Crippen MR) is 73.4 cm³/mol. The Hall–Kier alpha value is -0.120. The Bertz CT molecular complexity index is 199. The van der Waals surface area contributed by atoms with E-state index in [4.69, 9.17) is 4.74 Å². The fourth-order valence-corrected chi connectivity index (χ4v) is 2.48. The Morgan fingerprint density at radius 1 is 1.29 bits per heavy atom. The van der Waals surface area contributed by atoms with Gasteiger partial charge < -0.3 is 15.0 Å². The molecule has 0 aliphatic carbocycles. The molecule has 1 aliphatic heterocycles. The van der Waals surface area contributed by atoms with Gasteiger partial charge in [0.1, 0.15) is 0 Å². The second kappa shape index (κ2) is 8.06. The third kappa shape index (κ3) is 5.36. The first-order valence-corrected chi connectivity index (χ1v) is 7.21. The molecule has 1 fully saturated rings. The molecule has 0 aromatic carbocycles. The van der Waals surface area contributed by atoms with Crippen molar-refractivity contribution in [3.63, 3.8) is 0 Å². The first-order valence-electron chi connectivity index (χ1n) is 7.21. The van der Waals surface area contributed by atoms with E-state index in [2.05, 4.69) is 31.0 Å². The van der Waals surface area contributed by atoms with E-state index in [1.54, 1.807) is 0 Å². The van der Waals surface area contributed by atoms with E-state index >= 15 is 0 Å². The van der Waals surface area contributed by atoms with Crippen molar-refractivity contribution in [2.24, 2.45) is 5.92 Å². The van der Waals surface area contributed by atoms with Crippen LogP contribution in [0.3, 0.4) is 0 Å². The van der Waals surface area contributed by atoms with Gasteiger partial charge in [-0.15, -0.1) is 0 Å². The Morgan fingerprint density at radius 2 is 2.00 bits per heavy atom. The van der Waals surface area contributed by atoms with Gasteiger partial charge in [-0.05, 0) is 32.4 Å².